The zero-order chi connectivity index (χ0) is 15.6. The first kappa shape index (κ1) is 15.0. The molecule has 0 amide bonds. The number of ketones is 1. The number of ether oxygens (including phenoxy) is 1. The van der Waals surface area contributed by atoms with Crippen LogP contribution in [0.5, 0.6) is 5.75 Å². The van der Waals surface area contributed by atoms with Crippen LogP contribution in [0, 0.1) is 5.82 Å². The summed E-state index contributed by atoms with van der Waals surface area (Å²) >= 11 is 0. The van der Waals surface area contributed by atoms with Gasteiger partial charge >= 0.3 is 6.18 Å². The zero-order valence-electron chi connectivity index (χ0n) is 10.9. The second kappa shape index (κ2) is 5.55. The second-order valence-corrected chi connectivity index (χ2v) is 4.25. The Labute approximate surface area is 118 Å². The SMILES string of the molecule is COc1ccc(F)cc1C(=O)c1ccc(C(F)(F)F)cc1. The number of benzene rings is 2. The highest BCUT2D eigenvalue weighted by Crippen LogP contribution is 2.30. The fourth-order valence-corrected chi connectivity index (χ4v) is 1.82. The summed E-state index contributed by atoms with van der Waals surface area (Å²) in [6.45, 7) is 0. The van der Waals surface area contributed by atoms with Gasteiger partial charge in [-0.25, -0.2) is 4.39 Å². The van der Waals surface area contributed by atoms with Crippen LogP contribution in [0.15, 0.2) is 42.5 Å². The van der Waals surface area contributed by atoms with Crippen LogP contribution in [0.25, 0.3) is 0 Å². The molecule has 0 heterocycles. The molecule has 21 heavy (non-hydrogen) atoms. The van der Waals surface area contributed by atoms with E-state index in [1.165, 1.54) is 13.2 Å². The van der Waals surface area contributed by atoms with Crippen molar-refractivity contribution < 1.29 is 27.1 Å². The van der Waals surface area contributed by atoms with E-state index in [4.69, 9.17) is 4.74 Å². The van der Waals surface area contributed by atoms with Gasteiger partial charge in [-0.15, -0.1) is 0 Å². The average molecular weight is 298 g/mol. The van der Waals surface area contributed by atoms with Crippen molar-refractivity contribution in [1.29, 1.82) is 0 Å². The minimum absolute atomic E-state index is 0.0203. The number of rotatable bonds is 3. The van der Waals surface area contributed by atoms with E-state index in [1.807, 2.05) is 0 Å². The highest BCUT2D eigenvalue weighted by atomic mass is 19.4. The van der Waals surface area contributed by atoms with E-state index in [0.29, 0.717) is 0 Å². The molecule has 2 aromatic carbocycles. The Morgan fingerprint density at radius 2 is 1.67 bits per heavy atom. The Bertz CT molecular complexity index is 660. The second-order valence-electron chi connectivity index (χ2n) is 4.25. The maximum Gasteiger partial charge on any atom is 0.416 e. The first-order valence-electron chi connectivity index (χ1n) is 5.88. The highest BCUT2D eigenvalue weighted by molar-refractivity contribution is 6.10. The highest BCUT2D eigenvalue weighted by Gasteiger charge is 2.30. The predicted molar refractivity (Wildman–Crippen MR) is 67.8 cm³/mol. The van der Waals surface area contributed by atoms with Gasteiger partial charge in [-0.2, -0.15) is 13.2 Å². The number of carbonyl (C=O) groups is 1. The normalized spacial score (nSPS) is 11.3. The number of methoxy groups -OCH3 is 1. The van der Waals surface area contributed by atoms with E-state index in [-0.39, 0.29) is 16.9 Å². The van der Waals surface area contributed by atoms with Crippen LogP contribution in [-0.2, 0) is 6.18 Å². The van der Waals surface area contributed by atoms with Crippen LogP contribution in [0.3, 0.4) is 0 Å². The van der Waals surface area contributed by atoms with Crippen LogP contribution in [0.4, 0.5) is 17.6 Å². The van der Waals surface area contributed by atoms with Crippen LogP contribution in [-0.4, -0.2) is 12.9 Å². The van der Waals surface area contributed by atoms with Gasteiger partial charge in [0.15, 0.2) is 5.78 Å². The molecule has 6 heteroatoms. The molecule has 2 aromatic rings. The number of hydrogen-bond donors (Lipinski definition) is 0. The Balaban J connectivity index is 2.39. The lowest BCUT2D eigenvalue weighted by Crippen LogP contribution is -2.07. The van der Waals surface area contributed by atoms with E-state index < -0.39 is 23.3 Å². The van der Waals surface area contributed by atoms with E-state index in [9.17, 15) is 22.4 Å². The van der Waals surface area contributed by atoms with Crippen molar-refractivity contribution in [2.45, 2.75) is 6.18 Å². The summed E-state index contributed by atoms with van der Waals surface area (Å²) in [6, 6.07) is 7.11. The summed E-state index contributed by atoms with van der Waals surface area (Å²) in [5.74, 6) is -1.09. The summed E-state index contributed by atoms with van der Waals surface area (Å²) in [6.07, 6.45) is -4.47. The van der Waals surface area contributed by atoms with Crippen molar-refractivity contribution in [3.05, 3.63) is 65.0 Å². The summed E-state index contributed by atoms with van der Waals surface area (Å²) < 4.78 is 55.6. The maximum atomic E-state index is 13.2. The third-order valence-electron chi connectivity index (χ3n) is 2.88. The first-order chi connectivity index (χ1) is 9.82. The van der Waals surface area contributed by atoms with Gasteiger partial charge < -0.3 is 4.74 Å². The number of carbonyl (C=O) groups excluding carboxylic acids is 1. The monoisotopic (exact) mass is 298 g/mol. The summed E-state index contributed by atoms with van der Waals surface area (Å²) in [5, 5.41) is 0. The van der Waals surface area contributed by atoms with Crippen molar-refractivity contribution in [2.24, 2.45) is 0 Å². The van der Waals surface area contributed by atoms with E-state index >= 15 is 0 Å². The third-order valence-corrected chi connectivity index (χ3v) is 2.88. The van der Waals surface area contributed by atoms with Gasteiger partial charge in [-0.3, -0.25) is 4.79 Å². The number of hydrogen-bond acceptors (Lipinski definition) is 2. The summed E-state index contributed by atoms with van der Waals surface area (Å²) in [5.41, 5.74) is -0.880. The van der Waals surface area contributed by atoms with Gasteiger partial charge in [-0.1, -0.05) is 12.1 Å². The zero-order valence-corrected chi connectivity index (χ0v) is 10.9. The van der Waals surface area contributed by atoms with E-state index in [0.717, 1.165) is 36.4 Å². The standard InChI is InChI=1S/C15H10F4O2/c1-21-13-7-6-11(16)8-12(13)14(20)9-2-4-10(5-3-9)15(17,18)19/h2-8H,1H3. The predicted octanol–water partition coefficient (Wildman–Crippen LogP) is 4.08. The minimum atomic E-state index is -4.47. The quantitative estimate of drug-likeness (QED) is 0.630. The Morgan fingerprint density at radius 1 is 1.05 bits per heavy atom. The van der Waals surface area contributed by atoms with Gasteiger partial charge in [0.1, 0.15) is 11.6 Å². The molecule has 0 fully saturated rings. The number of alkyl halides is 3. The molecule has 0 radical (unpaired) electrons. The minimum Gasteiger partial charge on any atom is -0.496 e. The first-order valence-corrected chi connectivity index (χ1v) is 5.88. The van der Waals surface area contributed by atoms with E-state index in [1.54, 1.807) is 0 Å². The molecule has 0 spiro atoms. The smallest absolute Gasteiger partial charge is 0.416 e. The molecule has 0 aliphatic rings. The number of halogens is 4. The molecular weight excluding hydrogens is 288 g/mol. The summed E-state index contributed by atoms with van der Waals surface area (Å²) in [4.78, 5) is 12.2. The van der Waals surface area contributed by atoms with Crippen LogP contribution in [0.1, 0.15) is 21.5 Å². The molecule has 2 nitrogen and oxygen atoms in total. The largest absolute Gasteiger partial charge is 0.496 e. The lowest BCUT2D eigenvalue weighted by molar-refractivity contribution is -0.137. The molecule has 0 aliphatic carbocycles. The molecule has 2 rings (SSSR count). The maximum absolute atomic E-state index is 13.2. The molecule has 0 saturated carbocycles. The third kappa shape index (κ3) is 3.21. The fraction of sp³-hybridized carbons (Fsp3) is 0.133. The molecular formula is C15H10F4O2. The van der Waals surface area contributed by atoms with Crippen molar-refractivity contribution >= 4 is 5.78 Å². The van der Waals surface area contributed by atoms with Gasteiger partial charge in [0.05, 0.1) is 18.2 Å². The van der Waals surface area contributed by atoms with Crippen LogP contribution in [0.2, 0.25) is 0 Å². The lowest BCUT2D eigenvalue weighted by atomic mass is 10.0. The van der Waals surface area contributed by atoms with Gasteiger partial charge in [-0.05, 0) is 30.3 Å². The molecule has 0 aliphatic heterocycles. The fourth-order valence-electron chi connectivity index (χ4n) is 1.82. The van der Waals surface area contributed by atoms with Crippen LogP contribution < -0.4 is 4.74 Å². The van der Waals surface area contributed by atoms with Crippen molar-refractivity contribution in [2.75, 3.05) is 7.11 Å². The van der Waals surface area contributed by atoms with Gasteiger partial charge in [0, 0.05) is 5.56 Å². The molecule has 0 bridgehead atoms. The van der Waals surface area contributed by atoms with Gasteiger partial charge in [0.2, 0.25) is 0 Å². The van der Waals surface area contributed by atoms with Gasteiger partial charge in [0.25, 0.3) is 0 Å². The van der Waals surface area contributed by atoms with Crippen molar-refractivity contribution in [3.8, 4) is 5.75 Å². The van der Waals surface area contributed by atoms with E-state index in [2.05, 4.69) is 0 Å². The van der Waals surface area contributed by atoms with Crippen LogP contribution >= 0.6 is 0 Å². The average Bonchev–Trinajstić information content (AvgIpc) is 2.45. The molecule has 0 aromatic heterocycles. The van der Waals surface area contributed by atoms with Crippen molar-refractivity contribution in [1.82, 2.24) is 0 Å². The Morgan fingerprint density at radius 3 is 2.19 bits per heavy atom. The molecule has 0 atom stereocenters. The molecule has 0 N–H and O–H groups in total. The van der Waals surface area contributed by atoms with Crippen molar-refractivity contribution in [3.63, 3.8) is 0 Å². The summed E-state index contributed by atoms with van der Waals surface area (Å²) in [7, 11) is 1.32. The Hall–Kier alpha value is -2.37. The Kier molecular flexibility index (Phi) is 3.97. The lowest BCUT2D eigenvalue weighted by Gasteiger charge is -2.09. The molecule has 0 saturated heterocycles. The molecule has 0 unspecified atom stereocenters. The topological polar surface area (TPSA) is 26.3 Å². The molecule has 110 valence electrons.